The summed E-state index contributed by atoms with van der Waals surface area (Å²) in [5, 5.41) is 0. The van der Waals surface area contributed by atoms with Crippen molar-refractivity contribution in [2.45, 2.75) is 39.2 Å². The molecule has 0 aliphatic heterocycles. The fourth-order valence-electron chi connectivity index (χ4n) is 2.96. The Labute approximate surface area is 113 Å². The van der Waals surface area contributed by atoms with E-state index in [1.165, 1.54) is 25.7 Å². The van der Waals surface area contributed by atoms with Gasteiger partial charge in [0, 0.05) is 12.1 Å². The lowest BCUT2D eigenvalue weighted by Gasteiger charge is -2.32. The molecule has 1 aliphatic carbocycles. The Morgan fingerprint density at radius 1 is 1.11 bits per heavy atom. The van der Waals surface area contributed by atoms with E-state index in [0.717, 1.165) is 12.8 Å². The van der Waals surface area contributed by atoms with Crippen molar-refractivity contribution in [3.8, 4) is 11.5 Å². The Morgan fingerprint density at radius 3 is 2.32 bits per heavy atom. The molecule has 1 aromatic rings. The van der Waals surface area contributed by atoms with Crippen LogP contribution in [0.25, 0.3) is 0 Å². The zero-order chi connectivity index (χ0) is 14.0. The maximum Gasteiger partial charge on any atom is 0.167 e. The van der Waals surface area contributed by atoms with Crippen LogP contribution in [0.5, 0.6) is 11.5 Å². The summed E-state index contributed by atoms with van der Waals surface area (Å²) in [6.45, 7) is 4.47. The van der Waals surface area contributed by atoms with Crippen LogP contribution < -0.4 is 15.2 Å². The summed E-state index contributed by atoms with van der Waals surface area (Å²) in [5.74, 6) is 1.53. The number of nitrogen functional groups attached to an aromatic ring is 1. The van der Waals surface area contributed by atoms with Crippen LogP contribution in [-0.2, 0) is 0 Å². The van der Waals surface area contributed by atoms with Crippen LogP contribution in [0.3, 0.4) is 0 Å². The first-order chi connectivity index (χ1) is 8.99. The second-order valence-corrected chi connectivity index (χ2v) is 5.68. The zero-order valence-corrected chi connectivity index (χ0v) is 11.8. The molecule has 0 radical (unpaired) electrons. The van der Waals surface area contributed by atoms with E-state index in [4.69, 9.17) is 15.2 Å². The van der Waals surface area contributed by atoms with E-state index in [1.807, 2.05) is 0 Å². The van der Waals surface area contributed by atoms with E-state index in [-0.39, 0.29) is 11.9 Å². The molecule has 2 atom stereocenters. The van der Waals surface area contributed by atoms with Crippen molar-refractivity contribution >= 4 is 5.69 Å². The van der Waals surface area contributed by atoms with Crippen molar-refractivity contribution in [3.05, 3.63) is 17.9 Å². The summed E-state index contributed by atoms with van der Waals surface area (Å²) >= 11 is 0. The third-order valence-corrected chi connectivity index (χ3v) is 3.71. The highest BCUT2D eigenvalue weighted by molar-refractivity contribution is 5.56. The number of rotatable bonds is 3. The van der Waals surface area contributed by atoms with E-state index >= 15 is 0 Å². The molecular formula is C15H22FNO2. The van der Waals surface area contributed by atoms with Crippen molar-refractivity contribution in [2.24, 2.45) is 11.8 Å². The number of halogens is 1. The Kier molecular flexibility index (Phi) is 4.17. The molecule has 0 bridgehead atoms. The van der Waals surface area contributed by atoms with Gasteiger partial charge in [0.2, 0.25) is 0 Å². The normalized spacial score (nSPS) is 27.1. The maximum absolute atomic E-state index is 13.5. The van der Waals surface area contributed by atoms with Gasteiger partial charge in [-0.3, -0.25) is 0 Å². The monoisotopic (exact) mass is 267 g/mol. The molecule has 2 unspecified atom stereocenters. The summed E-state index contributed by atoms with van der Waals surface area (Å²) < 4.78 is 24.4. The predicted molar refractivity (Wildman–Crippen MR) is 74.0 cm³/mol. The van der Waals surface area contributed by atoms with Crippen LogP contribution in [-0.4, -0.2) is 13.2 Å². The van der Waals surface area contributed by atoms with Crippen molar-refractivity contribution in [3.63, 3.8) is 0 Å². The molecule has 1 aliphatic rings. The SMILES string of the molecule is COc1cc(OC2CC(C)CC(C)C2)c(N)cc1F. The lowest BCUT2D eigenvalue weighted by Crippen LogP contribution is -2.28. The number of nitrogens with two attached hydrogens (primary N) is 1. The molecular weight excluding hydrogens is 245 g/mol. The van der Waals surface area contributed by atoms with Gasteiger partial charge >= 0.3 is 0 Å². The highest BCUT2D eigenvalue weighted by Crippen LogP contribution is 2.35. The van der Waals surface area contributed by atoms with Crippen molar-refractivity contribution < 1.29 is 13.9 Å². The van der Waals surface area contributed by atoms with Crippen molar-refractivity contribution in [1.29, 1.82) is 0 Å². The van der Waals surface area contributed by atoms with Crippen LogP contribution in [0.15, 0.2) is 12.1 Å². The first kappa shape index (κ1) is 14.0. The van der Waals surface area contributed by atoms with E-state index in [9.17, 15) is 4.39 Å². The molecule has 2 N–H and O–H groups in total. The second kappa shape index (κ2) is 5.68. The van der Waals surface area contributed by atoms with Gasteiger partial charge < -0.3 is 15.2 Å². The number of methoxy groups -OCH3 is 1. The first-order valence-corrected chi connectivity index (χ1v) is 6.79. The van der Waals surface area contributed by atoms with Crippen LogP contribution in [0, 0.1) is 17.7 Å². The number of hydrogen-bond donors (Lipinski definition) is 1. The first-order valence-electron chi connectivity index (χ1n) is 6.79. The summed E-state index contributed by atoms with van der Waals surface area (Å²) in [4.78, 5) is 0. The molecule has 1 saturated carbocycles. The smallest absolute Gasteiger partial charge is 0.167 e. The Morgan fingerprint density at radius 2 is 1.74 bits per heavy atom. The Balaban J connectivity index is 2.14. The molecule has 0 saturated heterocycles. The largest absolute Gasteiger partial charge is 0.494 e. The number of ether oxygens (including phenoxy) is 2. The Bertz CT molecular complexity index is 440. The third-order valence-electron chi connectivity index (χ3n) is 3.71. The highest BCUT2D eigenvalue weighted by atomic mass is 19.1. The minimum absolute atomic E-state index is 0.149. The lowest BCUT2D eigenvalue weighted by molar-refractivity contribution is 0.101. The third kappa shape index (κ3) is 3.31. The van der Waals surface area contributed by atoms with Crippen LogP contribution in [0.1, 0.15) is 33.1 Å². The fourth-order valence-corrected chi connectivity index (χ4v) is 2.96. The molecule has 1 aromatic carbocycles. The molecule has 19 heavy (non-hydrogen) atoms. The van der Waals surface area contributed by atoms with Gasteiger partial charge in [0.25, 0.3) is 0 Å². The molecule has 0 amide bonds. The molecule has 0 heterocycles. The molecule has 2 rings (SSSR count). The molecule has 0 aromatic heterocycles. The summed E-state index contributed by atoms with van der Waals surface area (Å²) in [6.07, 6.45) is 3.42. The summed E-state index contributed by atoms with van der Waals surface area (Å²) in [5.41, 5.74) is 6.13. The molecule has 1 fully saturated rings. The minimum atomic E-state index is -0.460. The Hall–Kier alpha value is -1.45. The van der Waals surface area contributed by atoms with Gasteiger partial charge in [0.05, 0.1) is 18.9 Å². The summed E-state index contributed by atoms with van der Waals surface area (Å²) in [6, 6.07) is 2.79. The van der Waals surface area contributed by atoms with E-state index < -0.39 is 5.82 Å². The van der Waals surface area contributed by atoms with Gasteiger partial charge in [0.1, 0.15) is 5.75 Å². The molecule has 106 valence electrons. The maximum atomic E-state index is 13.5. The van der Waals surface area contributed by atoms with Gasteiger partial charge in [-0.05, 0) is 31.1 Å². The van der Waals surface area contributed by atoms with Gasteiger partial charge in [-0.2, -0.15) is 0 Å². The predicted octanol–water partition coefficient (Wildman–Crippen LogP) is 3.62. The van der Waals surface area contributed by atoms with E-state index in [0.29, 0.717) is 23.3 Å². The molecule has 0 spiro atoms. The minimum Gasteiger partial charge on any atom is -0.494 e. The van der Waals surface area contributed by atoms with Crippen LogP contribution in [0.2, 0.25) is 0 Å². The molecule has 3 nitrogen and oxygen atoms in total. The zero-order valence-electron chi connectivity index (χ0n) is 11.8. The van der Waals surface area contributed by atoms with Crippen LogP contribution in [0.4, 0.5) is 10.1 Å². The highest BCUT2D eigenvalue weighted by Gasteiger charge is 2.26. The van der Waals surface area contributed by atoms with E-state index in [2.05, 4.69) is 13.8 Å². The number of hydrogen-bond acceptors (Lipinski definition) is 3. The second-order valence-electron chi connectivity index (χ2n) is 5.68. The number of benzene rings is 1. The standard InChI is InChI=1S/C15H22FNO2/c1-9-4-10(2)6-11(5-9)19-15-8-14(18-3)12(16)7-13(15)17/h7-11H,4-6,17H2,1-3H3. The van der Waals surface area contributed by atoms with Gasteiger partial charge in [-0.25, -0.2) is 4.39 Å². The lowest BCUT2D eigenvalue weighted by atomic mass is 9.82. The van der Waals surface area contributed by atoms with Crippen LogP contribution >= 0.6 is 0 Å². The summed E-state index contributed by atoms with van der Waals surface area (Å²) in [7, 11) is 1.43. The van der Waals surface area contributed by atoms with Gasteiger partial charge in [-0.15, -0.1) is 0 Å². The van der Waals surface area contributed by atoms with E-state index in [1.54, 1.807) is 0 Å². The van der Waals surface area contributed by atoms with Crippen molar-refractivity contribution in [2.75, 3.05) is 12.8 Å². The molecule has 4 heteroatoms. The van der Waals surface area contributed by atoms with Gasteiger partial charge in [-0.1, -0.05) is 13.8 Å². The quantitative estimate of drug-likeness (QED) is 0.851. The van der Waals surface area contributed by atoms with Gasteiger partial charge in [0.15, 0.2) is 11.6 Å². The van der Waals surface area contributed by atoms with Crippen molar-refractivity contribution in [1.82, 2.24) is 0 Å². The topological polar surface area (TPSA) is 44.5 Å². The average Bonchev–Trinajstić information content (AvgIpc) is 2.31. The number of anilines is 1. The average molecular weight is 267 g/mol. The fraction of sp³-hybridized carbons (Fsp3) is 0.600.